The third-order valence-corrected chi connectivity index (χ3v) is 4.96. The van der Waals surface area contributed by atoms with Gasteiger partial charge in [-0.05, 0) is 35.9 Å². The van der Waals surface area contributed by atoms with Crippen molar-refractivity contribution >= 4 is 33.4 Å². The summed E-state index contributed by atoms with van der Waals surface area (Å²) in [5.41, 5.74) is 2.45. The van der Waals surface area contributed by atoms with E-state index >= 15 is 0 Å². The zero-order valence-corrected chi connectivity index (χ0v) is 15.0. The van der Waals surface area contributed by atoms with E-state index in [0.29, 0.717) is 27.6 Å². The van der Waals surface area contributed by atoms with Crippen LogP contribution in [0.5, 0.6) is 11.5 Å². The highest BCUT2D eigenvalue weighted by molar-refractivity contribution is 7.15. The Bertz CT molecular complexity index is 1220. The molecular formula is C20H16N2O3S. The number of rotatable bonds is 5. The van der Waals surface area contributed by atoms with Crippen molar-refractivity contribution in [2.24, 2.45) is 0 Å². The number of ether oxygens (including phenoxy) is 2. The predicted molar refractivity (Wildman–Crippen MR) is 104 cm³/mol. The van der Waals surface area contributed by atoms with E-state index in [1.165, 1.54) is 11.3 Å². The Labute approximate surface area is 153 Å². The summed E-state index contributed by atoms with van der Waals surface area (Å²) in [5, 5.41) is 0. The molecule has 0 saturated heterocycles. The standard InChI is InChI=1S/C20H16N2O3S/c1-3-10-25-16-9-8-13(11-17(16)24-2)12-18-19(23)22-15-7-5-4-6-14(15)21-20(22)26-18/h3-9,11-12H,1,10H2,2H3/b18-12+. The number of aromatic nitrogens is 2. The van der Waals surface area contributed by atoms with E-state index in [-0.39, 0.29) is 5.56 Å². The third-order valence-electron chi connectivity index (χ3n) is 3.99. The highest BCUT2D eigenvalue weighted by atomic mass is 32.1. The van der Waals surface area contributed by atoms with Crippen molar-refractivity contribution < 1.29 is 9.47 Å². The molecule has 5 nitrogen and oxygen atoms in total. The lowest BCUT2D eigenvalue weighted by molar-refractivity contribution is 0.326. The summed E-state index contributed by atoms with van der Waals surface area (Å²) in [6.07, 6.45) is 3.52. The van der Waals surface area contributed by atoms with Crippen LogP contribution in [0.2, 0.25) is 0 Å². The van der Waals surface area contributed by atoms with Crippen LogP contribution in [-0.2, 0) is 0 Å². The van der Waals surface area contributed by atoms with E-state index in [0.717, 1.165) is 16.6 Å². The fourth-order valence-electron chi connectivity index (χ4n) is 2.81. The molecule has 0 fully saturated rings. The van der Waals surface area contributed by atoms with E-state index in [2.05, 4.69) is 11.6 Å². The third kappa shape index (κ3) is 2.74. The van der Waals surface area contributed by atoms with Crippen molar-refractivity contribution in [2.45, 2.75) is 0 Å². The molecule has 0 aliphatic carbocycles. The summed E-state index contributed by atoms with van der Waals surface area (Å²) in [6, 6.07) is 13.2. The van der Waals surface area contributed by atoms with E-state index in [4.69, 9.17) is 9.47 Å². The van der Waals surface area contributed by atoms with E-state index < -0.39 is 0 Å². The van der Waals surface area contributed by atoms with Crippen molar-refractivity contribution in [3.8, 4) is 11.5 Å². The molecule has 0 radical (unpaired) electrons. The number of benzene rings is 2. The first-order chi connectivity index (χ1) is 12.7. The second kappa shape index (κ2) is 6.65. The van der Waals surface area contributed by atoms with Crippen LogP contribution in [0.4, 0.5) is 0 Å². The zero-order chi connectivity index (χ0) is 18.1. The Hall–Kier alpha value is -3.12. The molecule has 2 aromatic heterocycles. The lowest BCUT2D eigenvalue weighted by Crippen LogP contribution is -2.22. The van der Waals surface area contributed by atoms with Gasteiger partial charge in [0.2, 0.25) is 0 Å². The number of hydrogen-bond donors (Lipinski definition) is 0. The van der Waals surface area contributed by atoms with Gasteiger partial charge >= 0.3 is 0 Å². The summed E-state index contributed by atoms with van der Waals surface area (Å²) in [5.74, 6) is 1.25. The van der Waals surface area contributed by atoms with Crippen LogP contribution < -0.4 is 19.6 Å². The SMILES string of the molecule is C=CCOc1ccc(/C=c2/sc3nc4ccccc4n3c2=O)cc1OC. The van der Waals surface area contributed by atoms with Gasteiger partial charge in [0.1, 0.15) is 6.61 Å². The average Bonchev–Trinajstić information content (AvgIpc) is 3.17. The van der Waals surface area contributed by atoms with Crippen molar-refractivity contribution in [1.29, 1.82) is 0 Å². The molecule has 0 saturated carbocycles. The molecule has 0 atom stereocenters. The smallest absolute Gasteiger partial charge is 0.274 e. The lowest BCUT2D eigenvalue weighted by Gasteiger charge is -2.09. The average molecular weight is 364 g/mol. The number of thiazole rings is 1. The number of fused-ring (bicyclic) bond motifs is 3. The summed E-state index contributed by atoms with van der Waals surface area (Å²) in [6.45, 7) is 4.04. The monoisotopic (exact) mass is 364 g/mol. The zero-order valence-electron chi connectivity index (χ0n) is 14.1. The van der Waals surface area contributed by atoms with Crippen molar-refractivity contribution in [1.82, 2.24) is 9.38 Å². The maximum atomic E-state index is 12.8. The van der Waals surface area contributed by atoms with Crippen LogP contribution >= 0.6 is 11.3 Å². The van der Waals surface area contributed by atoms with Crippen LogP contribution in [0.3, 0.4) is 0 Å². The Morgan fingerprint density at radius 2 is 2.08 bits per heavy atom. The van der Waals surface area contributed by atoms with Crippen LogP contribution in [0.25, 0.3) is 22.1 Å². The normalized spacial score (nSPS) is 12.0. The molecule has 2 aromatic carbocycles. The molecule has 130 valence electrons. The molecule has 0 aliphatic rings. The molecule has 0 N–H and O–H groups in total. The molecule has 0 spiro atoms. The molecule has 0 amide bonds. The number of hydrogen-bond acceptors (Lipinski definition) is 5. The molecule has 0 bridgehead atoms. The van der Waals surface area contributed by atoms with E-state index in [1.807, 2.05) is 48.5 Å². The second-order valence-electron chi connectivity index (χ2n) is 5.64. The Morgan fingerprint density at radius 1 is 1.23 bits per heavy atom. The number of methoxy groups -OCH3 is 1. The van der Waals surface area contributed by atoms with Gasteiger partial charge in [0.15, 0.2) is 16.5 Å². The van der Waals surface area contributed by atoms with Crippen LogP contribution in [0.1, 0.15) is 5.56 Å². The molecule has 0 unspecified atom stereocenters. The number of imidazole rings is 1. The van der Waals surface area contributed by atoms with Crippen molar-refractivity contribution in [2.75, 3.05) is 13.7 Å². The first-order valence-corrected chi connectivity index (χ1v) is 8.86. The van der Waals surface area contributed by atoms with Gasteiger partial charge in [-0.3, -0.25) is 4.79 Å². The lowest BCUT2D eigenvalue weighted by atomic mass is 10.2. The minimum absolute atomic E-state index is 0.0651. The molecule has 26 heavy (non-hydrogen) atoms. The van der Waals surface area contributed by atoms with Gasteiger partial charge in [-0.2, -0.15) is 0 Å². The van der Waals surface area contributed by atoms with Gasteiger partial charge in [-0.15, -0.1) is 0 Å². The van der Waals surface area contributed by atoms with Gasteiger partial charge < -0.3 is 9.47 Å². The molecule has 6 heteroatoms. The predicted octanol–water partition coefficient (Wildman–Crippen LogP) is 3.03. The minimum atomic E-state index is -0.0651. The van der Waals surface area contributed by atoms with Crippen LogP contribution in [-0.4, -0.2) is 23.1 Å². The van der Waals surface area contributed by atoms with Gasteiger partial charge in [-0.1, -0.05) is 42.2 Å². The van der Waals surface area contributed by atoms with Gasteiger partial charge in [-0.25, -0.2) is 9.38 Å². The van der Waals surface area contributed by atoms with Gasteiger partial charge in [0, 0.05) is 0 Å². The number of nitrogens with zero attached hydrogens (tertiary/aromatic N) is 2. The summed E-state index contributed by atoms with van der Waals surface area (Å²) >= 11 is 1.37. The Balaban J connectivity index is 1.82. The Morgan fingerprint density at radius 3 is 2.88 bits per heavy atom. The number of para-hydroxylation sites is 2. The summed E-state index contributed by atoms with van der Waals surface area (Å²) in [7, 11) is 1.59. The summed E-state index contributed by atoms with van der Waals surface area (Å²) in [4.78, 5) is 18.0. The quantitative estimate of drug-likeness (QED) is 0.511. The highest BCUT2D eigenvalue weighted by Gasteiger charge is 2.11. The second-order valence-corrected chi connectivity index (χ2v) is 6.65. The topological polar surface area (TPSA) is 52.8 Å². The van der Waals surface area contributed by atoms with Gasteiger partial charge in [0.05, 0.1) is 22.7 Å². The van der Waals surface area contributed by atoms with E-state index in [9.17, 15) is 4.79 Å². The largest absolute Gasteiger partial charge is 0.493 e. The first kappa shape index (κ1) is 16.4. The van der Waals surface area contributed by atoms with Gasteiger partial charge in [0.25, 0.3) is 5.56 Å². The first-order valence-electron chi connectivity index (χ1n) is 8.04. The molecule has 2 heterocycles. The maximum Gasteiger partial charge on any atom is 0.274 e. The molecule has 4 aromatic rings. The fraction of sp³-hybridized carbons (Fsp3) is 0.100. The Kier molecular flexibility index (Phi) is 4.18. The minimum Gasteiger partial charge on any atom is -0.493 e. The molecular weight excluding hydrogens is 348 g/mol. The highest BCUT2D eigenvalue weighted by Crippen LogP contribution is 2.28. The van der Waals surface area contributed by atoms with E-state index in [1.54, 1.807) is 17.6 Å². The fourth-order valence-corrected chi connectivity index (χ4v) is 3.79. The van der Waals surface area contributed by atoms with Crippen LogP contribution in [0.15, 0.2) is 59.9 Å². The van der Waals surface area contributed by atoms with Crippen molar-refractivity contribution in [3.63, 3.8) is 0 Å². The molecule has 4 rings (SSSR count). The molecule has 0 aliphatic heterocycles. The van der Waals surface area contributed by atoms with Crippen LogP contribution in [0, 0.1) is 0 Å². The van der Waals surface area contributed by atoms with Crippen molar-refractivity contribution in [3.05, 3.63) is 75.6 Å². The maximum absolute atomic E-state index is 12.8. The summed E-state index contributed by atoms with van der Waals surface area (Å²) < 4.78 is 13.2.